The highest BCUT2D eigenvalue weighted by molar-refractivity contribution is 8.76. The highest BCUT2D eigenvalue weighted by Gasteiger charge is 2.69. The molecule has 19 atom stereocenters. The number of nitrogens with one attached hydrogen (secondary N) is 3. The number of phosphoric ester groups is 3. The fourth-order valence-corrected chi connectivity index (χ4v) is 22.4. The van der Waals surface area contributed by atoms with E-state index in [0.29, 0.717) is 66.1 Å². The number of rotatable bonds is 31. The van der Waals surface area contributed by atoms with Crippen LogP contribution < -0.4 is 16.0 Å². The molecular weight excluding hydrogens is 1280 g/mol. The third-order valence-corrected chi connectivity index (χ3v) is 27.2. The van der Waals surface area contributed by atoms with Gasteiger partial charge in [-0.1, -0.05) is 41.9 Å². The van der Waals surface area contributed by atoms with Crippen LogP contribution in [0.4, 0.5) is 10.5 Å². The summed E-state index contributed by atoms with van der Waals surface area (Å²) in [5.41, 5.74) is 0.250. The van der Waals surface area contributed by atoms with Gasteiger partial charge >= 0.3 is 29.5 Å². The molecule has 5 aliphatic heterocycles. The zero-order valence-corrected chi connectivity index (χ0v) is 55.3. The maximum atomic E-state index is 13.9. The van der Waals surface area contributed by atoms with Gasteiger partial charge in [0.1, 0.15) is 24.5 Å². The molecule has 0 bridgehead atoms. The van der Waals surface area contributed by atoms with Gasteiger partial charge in [0.2, 0.25) is 5.91 Å². The quantitative estimate of drug-likeness (QED) is 0.00928. The molecule has 9 aliphatic rings. The lowest BCUT2D eigenvalue weighted by atomic mass is 9.45. The van der Waals surface area contributed by atoms with E-state index >= 15 is 0 Å². The van der Waals surface area contributed by atoms with Crippen LogP contribution in [0.25, 0.3) is 10.9 Å². The number of carbonyl (C=O) groups is 2. The molecule has 4 aliphatic carbocycles. The summed E-state index contributed by atoms with van der Waals surface area (Å²) in [4.78, 5) is 67.4. The van der Waals surface area contributed by atoms with Gasteiger partial charge in [0.05, 0.1) is 87.1 Å². The van der Waals surface area contributed by atoms with Gasteiger partial charge in [-0.3, -0.25) is 42.1 Å². The number of nitro groups is 1. The molecule has 11 rings (SSSR count). The van der Waals surface area contributed by atoms with Gasteiger partial charge in [-0.15, -0.1) is 0 Å². The van der Waals surface area contributed by atoms with Crippen LogP contribution in [-0.4, -0.2) is 178 Å². The number of nitrogens with zero attached hydrogens (tertiary/aromatic N) is 2. The number of ether oxygens (including phenoxy) is 5. The molecule has 1 aromatic carbocycles. The molecule has 2 aromatic rings. The van der Waals surface area contributed by atoms with Gasteiger partial charge in [-0.25, -0.2) is 18.5 Å². The van der Waals surface area contributed by atoms with E-state index in [1.807, 2.05) is 33.3 Å². The van der Waals surface area contributed by atoms with Crippen LogP contribution in [-0.2, 0) is 69.3 Å². The van der Waals surface area contributed by atoms with Crippen LogP contribution in [0.2, 0.25) is 0 Å². The predicted molar refractivity (Wildman–Crippen MR) is 328 cm³/mol. The van der Waals surface area contributed by atoms with Gasteiger partial charge < -0.3 is 64.0 Å². The number of phosphoric acid groups is 3. The van der Waals surface area contributed by atoms with E-state index in [1.54, 1.807) is 22.9 Å². The predicted octanol–water partition coefficient (Wildman–Crippen LogP) is 8.52. The van der Waals surface area contributed by atoms with E-state index in [2.05, 4.69) is 29.8 Å². The van der Waals surface area contributed by atoms with E-state index in [1.165, 1.54) is 12.1 Å². The highest BCUT2D eigenvalue weighted by atomic mass is 33.1. The fourth-order valence-electron chi connectivity index (χ4n) is 15.8. The van der Waals surface area contributed by atoms with Gasteiger partial charge in [-0.2, -0.15) is 11.8 Å². The summed E-state index contributed by atoms with van der Waals surface area (Å²) in [6, 6.07) is 6.23. The number of urea groups is 1. The van der Waals surface area contributed by atoms with E-state index < -0.39 is 91.2 Å². The zero-order chi connectivity index (χ0) is 62.8. The smallest absolute Gasteiger partial charge is 0.388 e. The molecule has 19 unspecified atom stereocenters. The van der Waals surface area contributed by atoms with E-state index in [9.17, 15) is 53.2 Å². The Hall–Kier alpha value is -1.96. The SMILES string of the molecule is CC12CCC(OP(=O)(O)OCC3OC(n4ccc5ccc([N+](=O)[O-])cc54)CC3OP(=O)(O)OCCOCCOP(=O)(O)OCC(O)COCCCNC(=O)CCCCC3SCC4NC(=O)NC43)CC1CCC1C2CCC2(C)C1CCC21OC2CSSCC2O1. The number of aliphatic hydroxyl groups excluding tert-OH is 1. The first kappa shape index (κ1) is 68.4. The molecule has 4 saturated carbocycles. The van der Waals surface area contributed by atoms with Crippen molar-refractivity contribution >= 4 is 85.3 Å². The molecule has 27 nitrogen and oxygen atoms in total. The minimum atomic E-state index is -4.92. The molecule has 500 valence electrons. The number of amides is 3. The Morgan fingerprint density at radius 3 is 2.36 bits per heavy atom. The number of hydrogen-bond acceptors (Lipinski definition) is 22. The van der Waals surface area contributed by atoms with Crippen molar-refractivity contribution in [2.75, 3.05) is 76.7 Å². The number of non-ortho nitro benzene ring substituents is 1. The summed E-state index contributed by atoms with van der Waals surface area (Å²) in [5.74, 6) is 4.07. The third-order valence-electron chi connectivity index (χ3n) is 20.2. The largest absolute Gasteiger partial charge is 0.472 e. The monoisotopic (exact) mass is 1370 g/mol. The summed E-state index contributed by atoms with van der Waals surface area (Å²) in [6.45, 7) is 2.54. The van der Waals surface area contributed by atoms with Crippen LogP contribution in [0.1, 0.15) is 116 Å². The number of benzene rings is 1. The van der Waals surface area contributed by atoms with Crippen molar-refractivity contribution in [3.63, 3.8) is 0 Å². The standard InChI is InChI=1S/C56H86N5O22P3S3/c1-54-16-12-39(26-36(54)9-11-40-41(54)13-17-55(2)42(40)14-18-56(55)80-47-33-88-89-34-48(47)81-56)82-86(71,72)78-31-46-45(28-51(79-46)60-20-15-35-8-10-37(61(65)66)27-44(35)60)83-85(69,70)76-25-23-73-22-24-75-84(67,68)77-30-38(62)29-74-21-5-19-57-50(63)7-4-3-6-49-52-43(32-87-49)58-53(64)59-52/h8,10,15,20,27,36,38-43,45-49,51-52,62H,3-7,9,11-14,16-19,21-26,28-34H2,1-2H3,(H,57,63)(H,67,68)(H,69,70)(H,71,72)(H2,58,59,64). The second-order valence-corrected chi connectivity index (χ2v) is 33.7. The minimum Gasteiger partial charge on any atom is -0.388 e. The van der Waals surface area contributed by atoms with Crippen molar-refractivity contribution in [1.82, 2.24) is 20.5 Å². The van der Waals surface area contributed by atoms with E-state index in [0.717, 1.165) is 81.5 Å². The topological polar surface area (TPSA) is 352 Å². The van der Waals surface area contributed by atoms with Crippen molar-refractivity contribution in [2.24, 2.45) is 34.5 Å². The lowest BCUT2D eigenvalue weighted by Gasteiger charge is -2.61. The Labute approximate surface area is 529 Å². The van der Waals surface area contributed by atoms with Gasteiger partial charge in [0.15, 0.2) is 5.79 Å². The molecule has 33 heteroatoms. The maximum absolute atomic E-state index is 13.9. The van der Waals surface area contributed by atoms with Crippen molar-refractivity contribution in [1.29, 1.82) is 0 Å². The molecule has 6 heterocycles. The Morgan fingerprint density at radius 1 is 0.831 bits per heavy atom. The highest BCUT2D eigenvalue weighted by Crippen LogP contribution is 2.71. The molecule has 0 radical (unpaired) electrons. The number of unbranched alkanes of at least 4 members (excludes halogenated alkanes) is 1. The molecule has 9 fully saturated rings. The number of carbonyl (C=O) groups excluding carboxylic acids is 2. The number of aliphatic hydroxyl groups is 1. The lowest BCUT2D eigenvalue weighted by molar-refractivity contribution is -0.384. The third kappa shape index (κ3) is 16.1. The molecule has 1 spiro atoms. The van der Waals surface area contributed by atoms with Crippen molar-refractivity contribution in [3.05, 3.63) is 40.6 Å². The van der Waals surface area contributed by atoms with Gasteiger partial charge in [0, 0.05) is 84.1 Å². The number of aromatic nitrogens is 1. The average molecular weight is 1370 g/mol. The Kier molecular flexibility index (Phi) is 22.4. The Balaban J connectivity index is 0.587. The summed E-state index contributed by atoms with van der Waals surface area (Å²) >= 11 is 1.84. The normalized spacial score (nSPS) is 37.1. The van der Waals surface area contributed by atoms with Gasteiger partial charge in [-0.05, 0) is 112 Å². The van der Waals surface area contributed by atoms with E-state index in [4.69, 9.17) is 50.8 Å². The summed E-state index contributed by atoms with van der Waals surface area (Å²) < 4.78 is 105. The lowest BCUT2D eigenvalue weighted by Crippen LogP contribution is -2.57. The summed E-state index contributed by atoms with van der Waals surface area (Å²) in [5, 5.41) is 31.7. The molecular formula is C56H86N5O22P3S3. The van der Waals surface area contributed by atoms with Crippen LogP contribution in [0.5, 0.6) is 0 Å². The van der Waals surface area contributed by atoms with Crippen LogP contribution in [0.15, 0.2) is 30.5 Å². The molecule has 5 saturated heterocycles. The average Bonchev–Trinajstić information content (AvgIpc) is 1.55. The molecule has 1 aromatic heterocycles. The first-order valence-electron chi connectivity index (χ1n) is 31.2. The Bertz CT molecular complexity index is 2950. The van der Waals surface area contributed by atoms with Crippen molar-refractivity contribution in [3.8, 4) is 0 Å². The second kappa shape index (κ2) is 29.2. The van der Waals surface area contributed by atoms with Crippen LogP contribution in [0.3, 0.4) is 0 Å². The fraction of sp³-hybridized carbons (Fsp3) is 0.821. The second-order valence-electron chi connectivity index (χ2n) is 25.6. The van der Waals surface area contributed by atoms with Crippen LogP contribution >= 0.6 is 56.8 Å². The minimum absolute atomic E-state index is 0.0373. The van der Waals surface area contributed by atoms with E-state index in [-0.39, 0.29) is 91.5 Å². The summed E-state index contributed by atoms with van der Waals surface area (Å²) in [6.07, 6.45) is 8.21. The van der Waals surface area contributed by atoms with Crippen molar-refractivity contribution < 1.29 is 98.8 Å². The van der Waals surface area contributed by atoms with Crippen molar-refractivity contribution in [2.45, 2.75) is 176 Å². The van der Waals surface area contributed by atoms with Gasteiger partial charge in [0.25, 0.3) is 5.69 Å². The number of fused-ring (bicyclic) bond motifs is 9. The van der Waals surface area contributed by atoms with Crippen LogP contribution in [0, 0.1) is 44.6 Å². The maximum Gasteiger partial charge on any atom is 0.472 e. The first-order valence-corrected chi connectivity index (χ1v) is 39.3. The first-order chi connectivity index (χ1) is 42.5. The number of nitro benzene ring substituents is 1. The number of thioether (sulfide) groups is 1. The molecule has 89 heavy (non-hydrogen) atoms. The Morgan fingerprint density at radius 2 is 1.58 bits per heavy atom. The number of hydrogen-bond donors (Lipinski definition) is 7. The molecule has 3 amide bonds. The zero-order valence-electron chi connectivity index (χ0n) is 50.2. The summed E-state index contributed by atoms with van der Waals surface area (Å²) in [7, 11) is -10.6. The molecule has 7 N–H and O–H groups in total.